The van der Waals surface area contributed by atoms with Gasteiger partial charge in [-0.2, -0.15) is 8.42 Å². The highest BCUT2D eigenvalue weighted by atomic mass is 32.2. The van der Waals surface area contributed by atoms with Gasteiger partial charge in [0, 0.05) is 6.07 Å². The van der Waals surface area contributed by atoms with Crippen molar-refractivity contribution in [2.45, 2.75) is 12.8 Å². The van der Waals surface area contributed by atoms with Gasteiger partial charge in [0.1, 0.15) is 23.3 Å². The number of ether oxygens (including phenoxy) is 1. The summed E-state index contributed by atoms with van der Waals surface area (Å²) < 4.78 is 38.5. The quantitative estimate of drug-likeness (QED) is 0.602. The Morgan fingerprint density at radius 1 is 1.07 bits per heavy atom. The van der Waals surface area contributed by atoms with E-state index in [2.05, 4.69) is 0 Å². The smallest absolute Gasteiger partial charge is 0.306 e. The van der Waals surface area contributed by atoms with E-state index in [4.69, 9.17) is 13.3 Å². The number of fused-ring (bicyclic) bond motifs is 1. The highest BCUT2D eigenvalue weighted by molar-refractivity contribution is 7.86. The van der Waals surface area contributed by atoms with E-state index in [-0.39, 0.29) is 16.8 Å². The second-order valence-electron chi connectivity index (χ2n) is 6.70. The summed E-state index contributed by atoms with van der Waals surface area (Å²) in [7, 11) is -3.65. The summed E-state index contributed by atoms with van der Waals surface area (Å²) in [4.78, 5) is 12.8. The summed E-state index contributed by atoms with van der Waals surface area (Å²) >= 11 is 0. The van der Waals surface area contributed by atoms with E-state index in [0.29, 0.717) is 16.9 Å². The normalized spacial score (nSPS) is 14.3. The van der Waals surface area contributed by atoms with Crippen LogP contribution in [0.5, 0.6) is 11.5 Å². The Kier molecular flexibility index (Phi) is 4.39. The molecule has 0 amide bonds. The molecule has 1 heterocycles. The first-order chi connectivity index (χ1) is 12.9. The van der Waals surface area contributed by atoms with Crippen LogP contribution in [0.2, 0.25) is 0 Å². The topological polar surface area (TPSA) is 82.8 Å². The van der Waals surface area contributed by atoms with Crippen molar-refractivity contribution in [3.63, 3.8) is 0 Å². The summed E-state index contributed by atoms with van der Waals surface area (Å²) in [6.07, 6.45) is 4.78. The van der Waals surface area contributed by atoms with E-state index in [9.17, 15) is 13.2 Å². The van der Waals surface area contributed by atoms with Crippen LogP contribution < -0.4 is 14.3 Å². The Morgan fingerprint density at radius 2 is 1.78 bits per heavy atom. The zero-order chi connectivity index (χ0) is 19.0. The summed E-state index contributed by atoms with van der Waals surface area (Å²) in [5.74, 6) is 1.55. The molecule has 1 aromatic heterocycles. The third kappa shape index (κ3) is 4.14. The van der Waals surface area contributed by atoms with Crippen LogP contribution >= 0.6 is 0 Å². The van der Waals surface area contributed by atoms with Crippen LogP contribution in [0.4, 0.5) is 0 Å². The molecule has 0 unspecified atom stereocenters. The molecule has 0 saturated heterocycles. The summed E-state index contributed by atoms with van der Waals surface area (Å²) in [6, 6.07) is 11.6. The van der Waals surface area contributed by atoms with Gasteiger partial charge in [-0.3, -0.25) is 4.79 Å². The van der Waals surface area contributed by atoms with Crippen molar-refractivity contribution in [1.82, 2.24) is 0 Å². The molecule has 140 valence electrons. The van der Waals surface area contributed by atoms with Crippen LogP contribution in [0.25, 0.3) is 22.1 Å². The number of rotatable bonds is 6. The lowest BCUT2D eigenvalue weighted by atomic mass is 10.1. The van der Waals surface area contributed by atoms with Gasteiger partial charge in [-0.05, 0) is 48.6 Å². The minimum Gasteiger partial charge on any atom is -0.493 e. The van der Waals surface area contributed by atoms with Gasteiger partial charge < -0.3 is 13.3 Å². The summed E-state index contributed by atoms with van der Waals surface area (Å²) in [5.41, 5.74) is 1.21. The largest absolute Gasteiger partial charge is 0.493 e. The molecular weight excluding hydrogens is 368 g/mol. The first-order valence-corrected chi connectivity index (χ1v) is 10.4. The number of hydrogen-bond acceptors (Lipinski definition) is 6. The van der Waals surface area contributed by atoms with Crippen LogP contribution in [0.1, 0.15) is 12.8 Å². The maximum atomic E-state index is 12.8. The van der Waals surface area contributed by atoms with Crippen molar-refractivity contribution in [3.8, 4) is 22.6 Å². The second kappa shape index (κ2) is 6.74. The summed E-state index contributed by atoms with van der Waals surface area (Å²) in [6.45, 7) is 0.731. The minimum absolute atomic E-state index is 0.0954. The third-order valence-electron chi connectivity index (χ3n) is 4.34. The van der Waals surface area contributed by atoms with E-state index in [1.165, 1.54) is 37.3 Å². The molecule has 1 aliphatic rings. The molecule has 27 heavy (non-hydrogen) atoms. The lowest BCUT2D eigenvalue weighted by Crippen LogP contribution is -2.07. The average molecular weight is 386 g/mol. The van der Waals surface area contributed by atoms with Crippen molar-refractivity contribution in [2.24, 2.45) is 5.92 Å². The molecule has 0 aliphatic heterocycles. The van der Waals surface area contributed by atoms with Gasteiger partial charge in [0.05, 0.1) is 23.8 Å². The van der Waals surface area contributed by atoms with Crippen LogP contribution in [0, 0.1) is 5.92 Å². The average Bonchev–Trinajstić information content (AvgIpc) is 3.44. The molecule has 7 heteroatoms. The lowest BCUT2D eigenvalue weighted by Gasteiger charge is -2.07. The van der Waals surface area contributed by atoms with Crippen molar-refractivity contribution >= 4 is 21.1 Å². The third-order valence-corrected chi connectivity index (χ3v) is 4.84. The molecule has 0 bridgehead atoms. The molecule has 0 N–H and O–H groups in total. The molecule has 2 aromatic carbocycles. The molecule has 6 nitrogen and oxygen atoms in total. The second-order valence-corrected chi connectivity index (χ2v) is 8.28. The fourth-order valence-corrected chi connectivity index (χ4v) is 3.22. The van der Waals surface area contributed by atoms with Crippen LogP contribution in [-0.4, -0.2) is 21.3 Å². The molecule has 3 aromatic rings. The fourth-order valence-electron chi connectivity index (χ4n) is 2.76. The Hall–Kier alpha value is -2.80. The standard InChI is InChI=1S/C20H18O6S/c1-27(22,23)26-16-8-9-17-19(10-16)25-12-18(20(17)21)14-4-6-15(7-5-14)24-11-13-2-3-13/h4-10,12-13H,2-3,11H2,1H3. The zero-order valence-corrected chi connectivity index (χ0v) is 15.5. The van der Waals surface area contributed by atoms with E-state index in [0.717, 1.165) is 24.2 Å². The SMILES string of the molecule is CS(=O)(=O)Oc1ccc2c(=O)c(-c3ccc(OCC4CC4)cc3)coc2c1. The predicted octanol–water partition coefficient (Wildman–Crippen LogP) is 3.59. The monoisotopic (exact) mass is 386 g/mol. The first-order valence-electron chi connectivity index (χ1n) is 8.57. The minimum atomic E-state index is -3.65. The van der Waals surface area contributed by atoms with Crippen LogP contribution in [0.3, 0.4) is 0 Å². The molecule has 0 spiro atoms. The maximum Gasteiger partial charge on any atom is 0.306 e. The van der Waals surface area contributed by atoms with E-state index < -0.39 is 10.1 Å². The van der Waals surface area contributed by atoms with Gasteiger partial charge in [-0.15, -0.1) is 0 Å². The number of benzene rings is 2. The van der Waals surface area contributed by atoms with Crippen LogP contribution in [0.15, 0.2) is 57.9 Å². The first kappa shape index (κ1) is 17.6. The zero-order valence-electron chi connectivity index (χ0n) is 14.7. The Labute approximate surface area is 156 Å². The molecule has 1 saturated carbocycles. The molecule has 0 radical (unpaired) electrons. The van der Waals surface area contributed by atoms with E-state index in [1.807, 2.05) is 24.3 Å². The molecule has 1 fully saturated rings. The van der Waals surface area contributed by atoms with Crippen molar-refractivity contribution < 1.29 is 21.8 Å². The molecule has 0 atom stereocenters. The highest BCUT2D eigenvalue weighted by Gasteiger charge is 2.21. The van der Waals surface area contributed by atoms with E-state index in [1.54, 1.807) is 0 Å². The maximum absolute atomic E-state index is 12.8. The van der Waals surface area contributed by atoms with Crippen molar-refractivity contribution in [3.05, 3.63) is 59.0 Å². The Balaban J connectivity index is 1.62. The van der Waals surface area contributed by atoms with Gasteiger partial charge >= 0.3 is 10.1 Å². The van der Waals surface area contributed by atoms with Crippen LogP contribution in [-0.2, 0) is 10.1 Å². The van der Waals surface area contributed by atoms with Crippen molar-refractivity contribution in [2.75, 3.05) is 12.9 Å². The summed E-state index contributed by atoms with van der Waals surface area (Å²) in [5, 5.41) is 0.349. The molecule has 1 aliphatic carbocycles. The van der Waals surface area contributed by atoms with Gasteiger partial charge in [0.25, 0.3) is 0 Å². The Morgan fingerprint density at radius 3 is 2.44 bits per heavy atom. The van der Waals surface area contributed by atoms with Gasteiger partial charge in [-0.1, -0.05) is 12.1 Å². The fraction of sp³-hybridized carbons (Fsp3) is 0.250. The van der Waals surface area contributed by atoms with E-state index >= 15 is 0 Å². The van der Waals surface area contributed by atoms with Gasteiger partial charge in [0.15, 0.2) is 5.43 Å². The van der Waals surface area contributed by atoms with Crippen molar-refractivity contribution in [1.29, 1.82) is 0 Å². The predicted molar refractivity (Wildman–Crippen MR) is 102 cm³/mol. The molecule has 4 rings (SSSR count). The highest BCUT2D eigenvalue weighted by Crippen LogP contribution is 2.30. The van der Waals surface area contributed by atoms with Gasteiger partial charge in [-0.25, -0.2) is 0 Å². The molecular formula is C20H18O6S. The lowest BCUT2D eigenvalue weighted by molar-refractivity contribution is 0.300. The Bertz CT molecular complexity index is 1140. The van der Waals surface area contributed by atoms with Gasteiger partial charge in [0.2, 0.25) is 0 Å². The number of hydrogen-bond donors (Lipinski definition) is 0.